The van der Waals surface area contributed by atoms with Crippen molar-refractivity contribution >= 4 is 5.69 Å². The maximum absolute atomic E-state index is 5.24. The second kappa shape index (κ2) is 6.92. The Morgan fingerprint density at radius 1 is 1.26 bits per heavy atom. The van der Waals surface area contributed by atoms with Crippen molar-refractivity contribution in [3.63, 3.8) is 0 Å². The molecule has 0 amide bonds. The van der Waals surface area contributed by atoms with E-state index < -0.39 is 0 Å². The molecule has 0 radical (unpaired) electrons. The summed E-state index contributed by atoms with van der Waals surface area (Å²) in [5, 5.41) is 3.55. The fourth-order valence-electron chi connectivity index (χ4n) is 1.96. The molecule has 1 atom stereocenters. The number of ether oxygens (including phenoxy) is 1. The van der Waals surface area contributed by atoms with Crippen LogP contribution in [0.25, 0.3) is 0 Å². The van der Waals surface area contributed by atoms with Crippen LogP contribution < -0.4 is 10.2 Å². The van der Waals surface area contributed by atoms with Gasteiger partial charge >= 0.3 is 0 Å². The van der Waals surface area contributed by atoms with Crippen LogP contribution in [0.2, 0.25) is 0 Å². The summed E-state index contributed by atoms with van der Waals surface area (Å²) in [6.45, 7) is 10.4. The number of hydrogen-bond donors (Lipinski definition) is 1. The summed E-state index contributed by atoms with van der Waals surface area (Å²) < 4.78 is 5.24. The van der Waals surface area contributed by atoms with Crippen LogP contribution in [0.1, 0.15) is 33.3 Å². The Morgan fingerprint density at radius 2 is 1.89 bits per heavy atom. The highest BCUT2D eigenvalue weighted by Gasteiger charge is 2.15. The number of para-hydroxylation sites is 1. The van der Waals surface area contributed by atoms with Crippen molar-refractivity contribution in [1.29, 1.82) is 0 Å². The summed E-state index contributed by atoms with van der Waals surface area (Å²) in [6.07, 6.45) is 0. The lowest BCUT2D eigenvalue weighted by Crippen LogP contribution is -2.37. The van der Waals surface area contributed by atoms with Gasteiger partial charge in [-0.05, 0) is 39.3 Å². The van der Waals surface area contributed by atoms with E-state index in [0.29, 0.717) is 6.04 Å². The van der Waals surface area contributed by atoms with Crippen LogP contribution in [0, 0.1) is 0 Å². The van der Waals surface area contributed by atoms with E-state index in [4.69, 9.17) is 4.74 Å². The topological polar surface area (TPSA) is 24.5 Å². The van der Waals surface area contributed by atoms with Crippen LogP contribution in [-0.2, 0) is 11.3 Å². The van der Waals surface area contributed by atoms with E-state index in [1.165, 1.54) is 11.3 Å². The van der Waals surface area contributed by atoms with E-state index in [2.05, 4.69) is 69.2 Å². The first-order valence-electron chi connectivity index (χ1n) is 6.90. The Kier molecular flexibility index (Phi) is 5.83. The molecule has 0 aromatic heterocycles. The minimum absolute atomic E-state index is 0.129. The molecule has 0 aliphatic heterocycles. The van der Waals surface area contributed by atoms with Gasteiger partial charge in [-0.2, -0.15) is 0 Å². The van der Waals surface area contributed by atoms with Gasteiger partial charge in [0.05, 0.1) is 6.61 Å². The van der Waals surface area contributed by atoms with E-state index in [1.807, 2.05) is 0 Å². The maximum Gasteiger partial charge on any atom is 0.0663 e. The third kappa shape index (κ3) is 5.21. The molecule has 1 unspecified atom stereocenters. The van der Waals surface area contributed by atoms with Gasteiger partial charge in [-0.25, -0.2) is 0 Å². The summed E-state index contributed by atoms with van der Waals surface area (Å²) in [7, 11) is 3.87. The van der Waals surface area contributed by atoms with Crippen molar-refractivity contribution in [3.8, 4) is 0 Å². The Balaban J connectivity index is 2.83. The zero-order valence-electron chi connectivity index (χ0n) is 13.2. The van der Waals surface area contributed by atoms with Crippen molar-refractivity contribution in [2.45, 2.75) is 45.8 Å². The molecule has 0 aliphatic rings. The third-order valence-electron chi connectivity index (χ3n) is 3.25. The fraction of sp³-hybridized carbons (Fsp3) is 0.625. The first-order chi connectivity index (χ1) is 8.85. The molecule has 1 N–H and O–H groups in total. The Hall–Kier alpha value is -1.06. The molecule has 0 aliphatic carbocycles. The number of nitrogens with one attached hydrogen (secondary N) is 1. The Labute approximate surface area is 118 Å². The number of anilines is 1. The molecule has 0 fully saturated rings. The number of rotatable bonds is 6. The van der Waals surface area contributed by atoms with E-state index >= 15 is 0 Å². The van der Waals surface area contributed by atoms with Gasteiger partial charge < -0.3 is 15.0 Å². The quantitative estimate of drug-likeness (QED) is 0.854. The SMILES string of the molecule is COCC(C)N(C)c1ccccc1CNC(C)(C)C. The van der Waals surface area contributed by atoms with Crippen molar-refractivity contribution in [1.82, 2.24) is 5.32 Å². The van der Waals surface area contributed by atoms with Gasteiger partial charge in [0, 0.05) is 38.0 Å². The number of methoxy groups -OCH3 is 1. The normalized spacial score (nSPS) is 13.4. The molecule has 1 aromatic rings. The monoisotopic (exact) mass is 264 g/mol. The molecule has 3 nitrogen and oxygen atoms in total. The summed E-state index contributed by atoms with van der Waals surface area (Å²) in [5.74, 6) is 0. The van der Waals surface area contributed by atoms with E-state index in [9.17, 15) is 0 Å². The molecular formula is C16H28N2O. The van der Waals surface area contributed by atoms with Crippen molar-refractivity contribution in [2.24, 2.45) is 0 Å². The molecule has 3 heteroatoms. The van der Waals surface area contributed by atoms with E-state index in [0.717, 1.165) is 13.2 Å². The highest BCUT2D eigenvalue weighted by Crippen LogP contribution is 2.21. The number of nitrogens with zero attached hydrogens (tertiary/aromatic N) is 1. The molecule has 0 saturated heterocycles. The average Bonchev–Trinajstić information content (AvgIpc) is 2.35. The molecule has 0 saturated carbocycles. The minimum atomic E-state index is 0.129. The Morgan fingerprint density at radius 3 is 2.47 bits per heavy atom. The standard InChI is InChI=1S/C16H28N2O/c1-13(12-19-6)18(5)15-10-8-7-9-14(15)11-17-16(2,3)4/h7-10,13,17H,11-12H2,1-6H3. The summed E-state index contributed by atoms with van der Waals surface area (Å²) >= 11 is 0. The molecule has 108 valence electrons. The van der Waals surface area contributed by atoms with Crippen LogP contribution >= 0.6 is 0 Å². The second-order valence-corrected chi connectivity index (χ2v) is 6.15. The third-order valence-corrected chi connectivity index (χ3v) is 3.25. The van der Waals surface area contributed by atoms with Crippen molar-refractivity contribution < 1.29 is 4.74 Å². The van der Waals surface area contributed by atoms with Gasteiger partial charge in [-0.3, -0.25) is 0 Å². The van der Waals surface area contributed by atoms with Crippen molar-refractivity contribution in [2.75, 3.05) is 25.7 Å². The van der Waals surface area contributed by atoms with Gasteiger partial charge in [0.25, 0.3) is 0 Å². The second-order valence-electron chi connectivity index (χ2n) is 6.15. The summed E-state index contributed by atoms with van der Waals surface area (Å²) in [6, 6.07) is 8.90. The van der Waals surface area contributed by atoms with E-state index in [-0.39, 0.29) is 5.54 Å². The number of likely N-dealkylation sites (N-methyl/N-ethyl adjacent to an activating group) is 1. The highest BCUT2D eigenvalue weighted by atomic mass is 16.5. The van der Waals surface area contributed by atoms with Gasteiger partial charge in [0.2, 0.25) is 0 Å². The first kappa shape index (κ1) is 16.0. The summed E-state index contributed by atoms with van der Waals surface area (Å²) in [5.41, 5.74) is 2.72. The van der Waals surface area contributed by atoms with Gasteiger partial charge in [0.1, 0.15) is 0 Å². The lowest BCUT2D eigenvalue weighted by molar-refractivity contribution is 0.183. The zero-order valence-corrected chi connectivity index (χ0v) is 13.2. The molecule has 1 aromatic carbocycles. The molecular weight excluding hydrogens is 236 g/mol. The van der Waals surface area contributed by atoms with Crippen molar-refractivity contribution in [3.05, 3.63) is 29.8 Å². The average molecular weight is 264 g/mol. The zero-order chi connectivity index (χ0) is 14.5. The predicted molar refractivity (Wildman–Crippen MR) is 82.8 cm³/mol. The van der Waals surface area contributed by atoms with Crippen LogP contribution in [0.15, 0.2) is 24.3 Å². The predicted octanol–water partition coefficient (Wildman–Crippen LogP) is 3.05. The largest absolute Gasteiger partial charge is 0.383 e. The maximum atomic E-state index is 5.24. The lowest BCUT2D eigenvalue weighted by atomic mass is 10.1. The molecule has 0 heterocycles. The van der Waals surface area contributed by atoms with Gasteiger partial charge in [-0.1, -0.05) is 18.2 Å². The molecule has 19 heavy (non-hydrogen) atoms. The highest BCUT2D eigenvalue weighted by molar-refractivity contribution is 5.53. The lowest BCUT2D eigenvalue weighted by Gasteiger charge is -2.29. The molecule has 0 bridgehead atoms. The molecule has 1 rings (SSSR count). The van der Waals surface area contributed by atoms with Crippen LogP contribution in [0.4, 0.5) is 5.69 Å². The number of hydrogen-bond acceptors (Lipinski definition) is 3. The van der Waals surface area contributed by atoms with Gasteiger partial charge in [0.15, 0.2) is 0 Å². The minimum Gasteiger partial charge on any atom is -0.383 e. The van der Waals surface area contributed by atoms with Crippen LogP contribution in [-0.4, -0.2) is 32.3 Å². The number of benzene rings is 1. The molecule has 0 spiro atoms. The summed E-state index contributed by atoms with van der Waals surface area (Å²) in [4.78, 5) is 2.28. The Bertz CT molecular complexity index is 385. The fourth-order valence-corrected chi connectivity index (χ4v) is 1.96. The smallest absolute Gasteiger partial charge is 0.0663 e. The van der Waals surface area contributed by atoms with Crippen LogP contribution in [0.3, 0.4) is 0 Å². The van der Waals surface area contributed by atoms with Gasteiger partial charge in [-0.15, -0.1) is 0 Å². The van der Waals surface area contributed by atoms with Crippen LogP contribution in [0.5, 0.6) is 0 Å². The van der Waals surface area contributed by atoms with E-state index in [1.54, 1.807) is 7.11 Å². The first-order valence-corrected chi connectivity index (χ1v) is 6.90.